The van der Waals surface area contributed by atoms with Gasteiger partial charge >= 0.3 is 0 Å². The van der Waals surface area contributed by atoms with Gasteiger partial charge < -0.3 is 14.6 Å². The first-order chi connectivity index (χ1) is 12.5. The molecule has 3 aromatic rings. The molecule has 1 aliphatic heterocycles. The maximum atomic E-state index is 13.6. The second-order valence-electron chi connectivity index (χ2n) is 6.46. The van der Waals surface area contributed by atoms with Crippen LogP contribution in [0.2, 0.25) is 0 Å². The fraction of sp³-hybridized carbons (Fsp3) is 0.412. The van der Waals surface area contributed by atoms with Crippen LogP contribution in [0.1, 0.15) is 23.2 Å². The first kappa shape index (κ1) is 16.6. The Balaban J connectivity index is 1.54. The number of nitrogens with zero attached hydrogens (tertiary/aromatic N) is 5. The van der Waals surface area contributed by atoms with E-state index >= 15 is 0 Å². The summed E-state index contributed by atoms with van der Waals surface area (Å²) in [6.45, 7) is 3.22. The zero-order chi connectivity index (χ0) is 18.3. The molecule has 0 spiro atoms. The molecule has 0 aliphatic carbocycles. The van der Waals surface area contributed by atoms with E-state index < -0.39 is 0 Å². The van der Waals surface area contributed by atoms with Gasteiger partial charge in [-0.25, -0.2) is 9.07 Å². The van der Waals surface area contributed by atoms with Gasteiger partial charge in [-0.2, -0.15) is 0 Å². The standard InChI is InChI=1S/C17H19FN6O2/c1-10-12(13-7-11(18)3-4-14(13)19-10)8-16(25)24-5-6-26-15(9-24)17-20-21-22-23(17)2/h3-4,7,15,19H,5-6,8-9H2,1-2H3. The smallest absolute Gasteiger partial charge is 0.227 e. The van der Waals surface area contributed by atoms with Gasteiger partial charge in [0.05, 0.1) is 19.6 Å². The Morgan fingerprint density at radius 2 is 2.31 bits per heavy atom. The summed E-state index contributed by atoms with van der Waals surface area (Å²) in [6, 6.07) is 4.57. The monoisotopic (exact) mass is 358 g/mol. The number of carbonyl (C=O) groups is 1. The highest BCUT2D eigenvalue weighted by Crippen LogP contribution is 2.25. The maximum Gasteiger partial charge on any atom is 0.227 e. The molecule has 1 aromatic carbocycles. The number of carbonyl (C=O) groups excluding carboxylic acids is 1. The van der Waals surface area contributed by atoms with Crippen LogP contribution in [0.3, 0.4) is 0 Å². The Bertz CT molecular complexity index is 965. The third-order valence-corrected chi connectivity index (χ3v) is 4.77. The number of rotatable bonds is 3. The number of hydrogen-bond donors (Lipinski definition) is 1. The summed E-state index contributed by atoms with van der Waals surface area (Å²) in [5.74, 6) is 0.251. The molecule has 0 saturated carbocycles. The fourth-order valence-corrected chi connectivity index (χ4v) is 3.39. The molecule has 9 heteroatoms. The molecular formula is C17H19FN6O2. The molecule has 3 heterocycles. The van der Waals surface area contributed by atoms with Crippen molar-refractivity contribution >= 4 is 16.8 Å². The first-order valence-electron chi connectivity index (χ1n) is 8.41. The van der Waals surface area contributed by atoms with Crippen molar-refractivity contribution in [1.82, 2.24) is 30.1 Å². The molecule has 4 rings (SSSR count). The van der Waals surface area contributed by atoms with Crippen molar-refractivity contribution in [2.45, 2.75) is 19.4 Å². The highest BCUT2D eigenvalue weighted by atomic mass is 19.1. The minimum Gasteiger partial charge on any atom is -0.366 e. The Labute approximate surface area is 148 Å². The number of aryl methyl sites for hydroxylation is 2. The average molecular weight is 358 g/mol. The van der Waals surface area contributed by atoms with Crippen LogP contribution >= 0.6 is 0 Å². The lowest BCUT2D eigenvalue weighted by Crippen LogP contribution is -2.43. The molecule has 0 radical (unpaired) electrons. The summed E-state index contributed by atoms with van der Waals surface area (Å²) in [7, 11) is 1.74. The third-order valence-electron chi connectivity index (χ3n) is 4.77. The van der Waals surface area contributed by atoms with Crippen molar-refractivity contribution in [2.75, 3.05) is 19.7 Å². The number of halogens is 1. The molecular weight excluding hydrogens is 339 g/mol. The van der Waals surface area contributed by atoms with Crippen LogP contribution in [-0.4, -0.2) is 55.7 Å². The lowest BCUT2D eigenvalue weighted by molar-refractivity contribution is -0.138. The minimum atomic E-state index is -0.353. The van der Waals surface area contributed by atoms with Crippen LogP contribution < -0.4 is 0 Å². The van der Waals surface area contributed by atoms with Crippen molar-refractivity contribution < 1.29 is 13.9 Å². The Morgan fingerprint density at radius 1 is 1.46 bits per heavy atom. The van der Waals surface area contributed by atoms with Gasteiger partial charge in [-0.05, 0) is 41.1 Å². The summed E-state index contributed by atoms with van der Waals surface area (Å²) in [4.78, 5) is 17.8. The van der Waals surface area contributed by atoms with E-state index in [0.717, 1.165) is 22.2 Å². The first-order valence-corrected chi connectivity index (χ1v) is 8.41. The van der Waals surface area contributed by atoms with E-state index in [1.54, 1.807) is 22.7 Å². The zero-order valence-electron chi connectivity index (χ0n) is 14.6. The number of nitrogens with one attached hydrogen (secondary N) is 1. The number of amides is 1. The van der Waals surface area contributed by atoms with E-state index in [4.69, 9.17) is 4.74 Å². The molecule has 2 aromatic heterocycles. The van der Waals surface area contributed by atoms with Gasteiger partial charge in [-0.15, -0.1) is 5.10 Å². The van der Waals surface area contributed by atoms with Gasteiger partial charge in [-0.1, -0.05) is 0 Å². The number of ether oxygens (including phenoxy) is 1. The van der Waals surface area contributed by atoms with Crippen LogP contribution in [0.25, 0.3) is 10.9 Å². The predicted octanol–water partition coefficient (Wildman–Crippen LogP) is 1.28. The van der Waals surface area contributed by atoms with E-state index in [2.05, 4.69) is 20.5 Å². The highest BCUT2D eigenvalue weighted by molar-refractivity contribution is 5.90. The quantitative estimate of drug-likeness (QED) is 0.762. The largest absolute Gasteiger partial charge is 0.366 e. The topological polar surface area (TPSA) is 88.9 Å². The Kier molecular flexibility index (Phi) is 4.15. The van der Waals surface area contributed by atoms with Crippen LogP contribution in [0.15, 0.2) is 18.2 Å². The normalized spacial score (nSPS) is 17.8. The summed E-state index contributed by atoms with van der Waals surface area (Å²) in [5, 5.41) is 12.1. The van der Waals surface area contributed by atoms with Gasteiger partial charge in [0.2, 0.25) is 5.91 Å². The van der Waals surface area contributed by atoms with Crippen molar-refractivity contribution in [1.29, 1.82) is 0 Å². The van der Waals surface area contributed by atoms with E-state index in [1.807, 2.05) is 6.92 Å². The molecule has 1 saturated heterocycles. The Morgan fingerprint density at radius 3 is 3.08 bits per heavy atom. The maximum absolute atomic E-state index is 13.6. The lowest BCUT2D eigenvalue weighted by atomic mass is 10.1. The number of benzene rings is 1. The van der Waals surface area contributed by atoms with Gasteiger partial charge in [0, 0.05) is 30.2 Å². The Hall–Kier alpha value is -2.81. The molecule has 136 valence electrons. The van der Waals surface area contributed by atoms with E-state index in [1.165, 1.54) is 12.1 Å². The molecule has 1 atom stereocenters. The number of tetrazole rings is 1. The third kappa shape index (κ3) is 2.94. The van der Waals surface area contributed by atoms with Crippen molar-refractivity contribution in [3.63, 3.8) is 0 Å². The second-order valence-corrected chi connectivity index (χ2v) is 6.46. The fourth-order valence-electron chi connectivity index (χ4n) is 3.39. The predicted molar refractivity (Wildman–Crippen MR) is 90.8 cm³/mol. The summed E-state index contributed by atoms with van der Waals surface area (Å²) in [6.07, 6.45) is -0.145. The lowest BCUT2D eigenvalue weighted by Gasteiger charge is -2.32. The van der Waals surface area contributed by atoms with Crippen LogP contribution in [0.5, 0.6) is 0 Å². The van der Waals surface area contributed by atoms with Gasteiger partial charge in [0.15, 0.2) is 5.82 Å². The molecule has 0 bridgehead atoms. The van der Waals surface area contributed by atoms with Crippen molar-refractivity contribution in [3.05, 3.63) is 41.1 Å². The van der Waals surface area contributed by atoms with Crippen molar-refractivity contribution in [3.8, 4) is 0 Å². The minimum absolute atomic E-state index is 0.0262. The van der Waals surface area contributed by atoms with Gasteiger partial charge in [0.1, 0.15) is 11.9 Å². The number of fused-ring (bicyclic) bond motifs is 1. The summed E-state index contributed by atoms with van der Waals surface area (Å²) < 4.78 is 20.9. The summed E-state index contributed by atoms with van der Waals surface area (Å²) >= 11 is 0. The zero-order valence-corrected chi connectivity index (χ0v) is 14.6. The molecule has 1 aliphatic rings. The molecule has 8 nitrogen and oxygen atoms in total. The number of hydrogen-bond acceptors (Lipinski definition) is 5. The van der Waals surface area contributed by atoms with Crippen LogP contribution in [-0.2, 0) is 23.0 Å². The van der Waals surface area contributed by atoms with E-state index in [9.17, 15) is 9.18 Å². The highest BCUT2D eigenvalue weighted by Gasteiger charge is 2.29. The SMILES string of the molecule is Cc1[nH]c2ccc(F)cc2c1CC(=O)N1CCOC(c2nnnn2C)C1. The summed E-state index contributed by atoms with van der Waals surface area (Å²) in [5.41, 5.74) is 2.53. The van der Waals surface area contributed by atoms with E-state index in [-0.39, 0.29) is 24.2 Å². The van der Waals surface area contributed by atoms with Crippen molar-refractivity contribution in [2.24, 2.45) is 7.05 Å². The number of aromatic nitrogens is 5. The molecule has 26 heavy (non-hydrogen) atoms. The molecule has 1 unspecified atom stereocenters. The van der Waals surface area contributed by atoms with Gasteiger partial charge in [0.25, 0.3) is 0 Å². The van der Waals surface area contributed by atoms with E-state index in [0.29, 0.717) is 25.5 Å². The molecule has 1 N–H and O–H groups in total. The van der Waals surface area contributed by atoms with Gasteiger partial charge in [-0.3, -0.25) is 4.79 Å². The molecule has 1 amide bonds. The number of H-pyrrole nitrogens is 1. The van der Waals surface area contributed by atoms with Crippen LogP contribution in [0, 0.1) is 12.7 Å². The average Bonchev–Trinajstić information content (AvgIpc) is 3.19. The number of aromatic amines is 1. The van der Waals surface area contributed by atoms with Crippen LogP contribution in [0.4, 0.5) is 4.39 Å². The molecule has 1 fully saturated rings. The number of morpholine rings is 1. The second kappa shape index (κ2) is 6.49.